The lowest BCUT2D eigenvalue weighted by atomic mass is 10.1. The predicted octanol–water partition coefficient (Wildman–Crippen LogP) is 3.82. The minimum atomic E-state index is -0.132. The Hall–Kier alpha value is -2.29. The molecule has 1 N–H and O–H groups in total. The van der Waals surface area contributed by atoms with E-state index in [-0.39, 0.29) is 5.91 Å². The molecule has 3 nitrogen and oxygen atoms in total. The molecule has 1 amide bonds. The van der Waals surface area contributed by atoms with Gasteiger partial charge in [0.15, 0.2) is 0 Å². The van der Waals surface area contributed by atoms with Crippen LogP contribution in [0.5, 0.6) is 5.75 Å². The summed E-state index contributed by atoms with van der Waals surface area (Å²) in [4.78, 5) is 12.2. The molecular formula is C17H19NO2. The summed E-state index contributed by atoms with van der Waals surface area (Å²) in [5, 5.41) is 2.89. The van der Waals surface area contributed by atoms with Crippen molar-refractivity contribution in [2.45, 2.75) is 20.3 Å². The second kappa shape index (κ2) is 6.24. The maximum absolute atomic E-state index is 12.2. The fourth-order valence-corrected chi connectivity index (χ4v) is 1.99. The molecule has 0 fully saturated rings. The van der Waals surface area contributed by atoms with Crippen LogP contribution >= 0.6 is 0 Å². The molecule has 20 heavy (non-hydrogen) atoms. The molecule has 0 spiro atoms. The summed E-state index contributed by atoms with van der Waals surface area (Å²) in [7, 11) is 1.60. The van der Waals surface area contributed by atoms with Gasteiger partial charge < -0.3 is 10.1 Å². The van der Waals surface area contributed by atoms with Gasteiger partial charge in [-0.15, -0.1) is 0 Å². The monoisotopic (exact) mass is 269 g/mol. The summed E-state index contributed by atoms with van der Waals surface area (Å²) in [5.74, 6) is 0.589. The fourth-order valence-electron chi connectivity index (χ4n) is 1.99. The summed E-state index contributed by atoms with van der Waals surface area (Å²) in [6, 6.07) is 13.3. The molecule has 0 atom stereocenters. The van der Waals surface area contributed by atoms with Gasteiger partial charge in [-0.05, 0) is 48.7 Å². The Morgan fingerprint density at radius 2 is 1.85 bits per heavy atom. The molecule has 2 aromatic carbocycles. The van der Waals surface area contributed by atoms with Crippen molar-refractivity contribution in [1.29, 1.82) is 0 Å². The molecule has 2 aromatic rings. The number of benzene rings is 2. The molecule has 0 radical (unpaired) electrons. The maximum atomic E-state index is 12.2. The molecule has 0 aliphatic heterocycles. The number of carbonyl (C=O) groups excluding carboxylic acids is 1. The van der Waals surface area contributed by atoms with Crippen molar-refractivity contribution in [1.82, 2.24) is 0 Å². The molecule has 0 aliphatic carbocycles. The fraction of sp³-hybridized carbons (Fsp3) is 0.235. The second-order valence-corrected chi connectivity index (χ2v) is 4.69. The normalized spacial score (nSPS) is 10.2. The quantitative estimate of drug-likeness (QED) is 0.916. The number of anilines is 1. The van der Waals surface area contributed by atoms with E-state index in [1.807, 2.05) is 37.3 Å². The van der Waals surface area contributed by atoms with Gasteiger partial charge in [-0.2, -0.15) is 0 Å². The molecule has 3 heteroatoms. The number of methoxy groups -OCH3 is 1. The Balaban J connectivity index is 2.14. The Bertz CT molecular complexity index is 603. The molecule has 2 rings (SSSR count). The van der Waals surface area contributed by atoms with Gasteiger partial charge in [-0.1, -0.05) is 25.1 Å². The summed E-state index contributed by atoms with van der Waals surface area (Å²) >= 11 is 0. The number of hydrogen-bond donors (Lipinski definition) is 1. The molecule has 0 unspecified atom stereocenters. The Labute approximate surface area is 119 Å². The van der Waals surface area contributed by atoms with Crippen LogP contribution in [0.1, 0.15) is 28.4 Å². The minimum Gasteiger partial charge on any atom is -0.496 e. The Morgan fingerprint density at radius 3 is 2.45 bits per heavy atom. The molecule has 0 saturated heterocycles. The highest BCUT2D eigenvalue weighted by atomic mass is 16.5. The molecule has 0 aliphatic rings. The van der Waals surface area contributed by atoms with E-state index < -0.39 is 0 Å². The zero-order valence-corrected chi connectivity index (χ0v) is 12.1. The number of rotatable bonds is 4. The van der Waals surface area contributed by atoms with Crippen molar-refractivity contribution >= 4 is 11.6 Å². The van der Waals surface area contributed by atoms with Gasteiger partial charge in [0, 0.05) is 11.3 Å². The minimum absolute atomic E-state index is 0.132. The highest BCUT2D eigenvalue weighted by molar-refractivity contribution is 6.04. The van der Waals surface area contributed by atoms with Crippen LogP contribution in [0.15, 0.2) is 42.5 Å². The number of amides is 1. The average molecular weight is 269 g/mol. The number of carbonyl (C=O) groups is 1. The van der Waals surface area contributed by atoms with Gasteiger partial charge in [0.05, 0.1) is 7.11 Å². The molecule has 0 heterocycles. The van der Waals surface area contributed by atoms with Gasteiger partial charge >= 0.3 is 0 Å². The predicted molar refractivity (Wildman–Crippen MR) is 81.5 cm³/mol. The van der Waals surface area contributed by atoms with E-state index >= 15 is 0 Å². The van der Waals surface area contributed by atoms with E-state index in [2.05, 4.69) is 12.2 Å². The first kappa shape index (κ1) is 14.1. The lowest BCUT2D eigenvalue weighted by molar-refractivity contribution is 0.102. The van der Waals surface area contributed by atoms with Gasteiger partial charge in [0.2, 0.25) is 0 Å². The van der Waals surface area contributed by atoms with E-state index in [0.29, 0.717) is 5.56 Å². The number of nitrogens with one attached hydrogen (secondary N) is 1. The summed E-state index contributed by atoms with van der Waals surface area (Å²) in [5.41, 5.74) is 3.65. The average Bonchev–Trinajstić information content (AvgIpc) is 2.48. The van der Waals surface area contributed by atoms with Gasteiger partial charge in [0.1, 0.15) is 5.75 Å². The third-order valence-corrected chi connectivity index (χ3v) is 3.29. The van der Waals surface area contributed by atoms with Crippen LogP contribution in [0, 0.1) is 6.92 Å². The highest BCUT2D eigenvalue weighted by Gasteiger charge is 2.08. The van der Waals surface area contributed by atoms with Crippen molar-refractivity contribution in [3.63, 3.8) is 0 Å². The first-order valence-corrected chi connectivity index (χ1v) is 6.69. The van der Waals surface area contributed by atoms with Crippen molar-refractivity contribution in [2.75, 3.05) is 12.4 Å². The summed E-state index contributed by atoms with van der Waals surface area (Å²) in [6.07, 6.45) is 0.989. The van der Waals surface area contributed by atoms with E-state index in [9.17, 15) is 4.79 Å². The first-order chi connectivity index (χ1) is 9.63. The van der Waals surface area contributed by atoms with Crippen molar-refractivity contribution in [3.05, 3.63) is 59.2 Å². The molecule has 104 valence electrons. The van der Waals surface area contributed by atoms with E-state index in [1.165, 1.54) is 5.56 Å². The van der Waals surface area contributed by atoms with Crippen LogP contribution in [-0.4, -0.2) is 13.0 Å². The van der Waals surface area contributed by atoms with Crippen LogP contribution in [0.3, 0.4) is 0 Å². The lowest BCUT2D eigenvalue weighted by Crippen LogP contribution is -2.12. The summed E-state index contributed by atoms with van der Waals surface area (Å²) < 4.78 is 5.24. The van der Waals surface area contributed by atoms with Crippen LogP contribution in [0.2, 0.25) is 0 Å². The van der Waals surface area contributed by atoms with E-state index in [4.69, 9.17) is 4.74 Å². The van der Waals surface area contributed by atoms with Crippen molar-refractivity contribution in [2.24, 2.45) is 0 Å². The van der Waals surface area contributed by atoms with Crippen LogP contribution in [0.25, 0.3) is 0 Å². The third-order valence-electron chi connectivity index (χ3n) is 3.29. The van der Waals surface area contributed by atoms with Gasteiger partial charge in [0.25, 0.3) is 5.91 Å². The third kappa shape index (κ3) is 3.18. The SMILES string of the molecule is CCc1ccc(NC(=O)c2ccc(C)c(OC)c2)cc1. The Morgan fingerprint density at radius 1 is 1.15 bits per heavy atom. The van der Waals surface area contributed by atoms with E-state index in [0.717, 1.165) is 23.4 Å². The summed E-state index contributed by atoms with van der Waals surface area (Å²) in [6.45, 7) is 4.05. The molecule has 0 saturated carbocycles. The Kier molecular flexibility index (Phi) is 4.41. The largest absolute Gasteiger partial charge is 0.496 e. The van der Waals surface area contributed by atoms with Crippen LogP contribution in [0.4, 0.5) is 5.69 Å². The lowest BCUT2D eigenvalue weighted by Gasteiger charge is -2.09. The molecule has 0 bridgehead atoms. The zero-order chi connectivity index (χ0) is 14.5. The number of ether oxygens (including phenoxy) is 1. The van der Waals surface area contributed by atoms with Crippen LogP contribution in [-0.2, 0) is 6.42 Å². The van der Waals surface area contributed by atoms with Crippen molar-refractivity contribution in [3.8, 4) is 5.75 Å². The topological polar surface area (TPSA) is 38.3 Å². The molecule has 0 aromatic heterocycles. The van der Waals surface area contributed by atoms with E-state index in [1.54, 1.807) is 19.2 Å². The number of aryl methyl sites for hydroxylation is 2. The highest BCUT2D eigenvalue weighted by Crippen LogP contribution is 2.20. The van der Waals surface area contributed by atoms with Crippen LogP contribution < -0.4 is 10.1 Å². The number of hydrogen-bond acceptors (Lipinski definition) is 2. The maximum Gasteiger partial charge on any atom is 0.255 e. The molecular weight excluding hydrogens is 250 g/mol. The zero-order valence-electron chi connectivity index (χ0n) is 12.1. The van der Waals surface area contributed by atoms with Gasteiger partial charge in [-0.3, -0.25) is 4.79 Å². The van der Waals surface area contributed by atoms with Gasteiger partial charge in [-0.25, -0.2) is 0 Å². The smallest absolute Gasteiger partial charge is 0.255 e. The second-order valence-electron chi connectivity index (χ2n) is 4.69. The first-order valence-electron chi connectivity index (χ1n) is 6.69. The standard InChI is InChI=1S/C17H19NO2/c1-4-13-6-9-15(10-7-13)18-17(19)14-8-5-12(2)16(11-14)20-3/h5-11H,4H2,1-3H3,(H,18,19). The van der Waals surface area contributed by atoms with Crippen molar-refractivity contribution < 1.29 is 9.53 Å².